The number of nitrogens with zero attached hydrogens (tertiary/aromatic N) is 2. The molecule has 0 radical (unpaired) electrons. The van der Waals surface area contributed by atoms with Crippen molar-refractivity contribution in [3.05, 3.63) is 0 Å². The van der Waals surface area contributed by atoms with Crippen LogP contribution in [0.5, 0.6) is 0 Å². The lowest BCUT2D eigenvalue weighted by Gasteiger charge is -2.39. The lowest BCUT2D eigenvalue weighted by molar-refractivity contribution is -0.144. The molecule has 0 bridgehead atoms. The van der Waals surface area contributed by atoms with Crippen LogP contribution < -0.4 is 5.73 Å². The zero-order valence-corrected chi connectivity index (χ0v) is 15.8. The van der Waals surface area contributed by atoms with Gasteiger partial charge in [-0.05, 0) is 31.6 Å². The van der Waals surface area contributed by atoms with Crippen LogP contribution in [0.2, 0.25) is 0 Å². The van der Waals surface area contributed by atoms with Gasteiger partial charge >= 0.3 is 0 Å². The van der Waals surface area contributed by atoms with Crippen LogP contribution in [0, 0.1) is 11.8 Å². The van der Waals surface area contributed by atoms with Gasteiger partial charge in [-0.3, -0.25) is 9.59 Å². The minimum absolute atomic E-state index is 0. The van der Waals surface area contributed by atoms with Gasteiger partial charge in [0.15, 0.2) is 0 Å². The molecule has 25 heavy (non-hydrogen) atoms. The molecule has 1 aliphatic carbocycles. The molecule has 2 aliphatic heterocycles. The molecule has 1 unspecified atom stereocenters. The summed E-state index contributed by atoms with van der Waals surface area (Å²) in [6, 6.07) is -0.422. The lowest BCUT2D eigenvalue weighted by Crippen LogP contribution is -2.56. The Bertz CT molecular complexity index is 443. The van der Waals surface area contributed by atoms with Crippen LogP contribution in [0.1, 0.15) is 44.9 Å². The third-order valence-corrected chi connectivity index (χ3v) is 5.92. The summed E-state index contributed by atoms with van der Waals surface area (Å²) in [5.74, 6) is 0.792. The summed E-state index contributed by atoms with van der Waals surface area (Å²) in [7, 11) is 0. The van der Waals surface area contributed by atoms with E-state index >= 15 is 0 Å². The number of hydrogen-bond donors (Lipinski definition) is 1. The van der Waals surface area contributed by atoms with E-state index in [-0.39, 0.29) is 30.2 Å². The Morgan fingerprint density at radius 1 is 0.880 bits per heavy atom. The first-order valence-corrected chi connectivity index (χ1v) is 9.57. The maximum Gasteiger partial charge on any atom is 0.239 e. The van der Waals surface area contributed by atoms with Gasteiger partial charge in [-0.15, -0.1) is 12.4 Å². The first-order valence-electron chi connectivity index (χ1n) is 9.57. The summed E-state index contributed by atoms with van der Waals surface area (Å²) in [5, 5.41) is 0. The van der Waals surface area contributed by atoms with Crippen molar-refractivity contribution in [2.24, 2.45) is 17.6 Å². The van der Waals surface area contributed by atoms with Crippen LogP contribution in [-0.2, 0) is 14.3 Å². The summed E-state index contributed by atoms with van der Waals surface area (Å²) in [4.78, 5) is 29.0. The molecule has 2 saturated heterocycles. The van der Waals surface area contributed by atoms with E-state index in [0.29, 0.717) is 45.3 Å². The molecule has 7 heteroatoms. The van der Waals surface area contributed by atoms with E-state index in [2.05, 4.69) is 0 Å². The van der Waals surface area contributed by atoms with Crippen molar-refractivity contribution in [3.8, 4) is 0 Å². The van der Waals surface area contributed by atoms with Crippen molar-refractivity contribution in [2.45, 2.75) is 51.0 Å². The topological polar surface area (TPSA) is 75.9 Å². The summed E-state index contributed by atoms with van der Waals surface area (Å²) in [6.45, 7) is 3.95. The van der Waals surface area contributed by atoms with Gasteiger partial charge in [0.25, 0.3) is 0 Å². The minimum atomic E-state index is -0.422. The van der Waals surface area contributed by atoms with Crippen LogP contribution >= 0.6 is 12.4 Å². The Hall–Kier alpha value is -0.850. The van der Waals surface area contributed by atoms with E-state index in [1.165, 1.54) is 19.3 Å². The summed E-state index contributed by atoms with van der Waals surface area (Å²) in [5.41, 5.74) is 6.21. The second-order valence-corrected chi connectivity index (χ2v) is 7.46. The van der Waals surface area contributed by atoms with Gasteiger partial charge in [-0.25, -0.2) is 0 Å². The fraction of sp³-hybridized carbons (Fsp3) is 0.889. The number of carbonyl (C=O) groups excluding carboxylic acids is 2. The number of rotatable bonds is 3. The van der Waals surface area contributed by atoms with E-state index in [1.54, 1.807) is 0 Å². The molecular formula is C18H32ClN3O3. The van der Waals surface area contributed by atoms with Crippen molar-refractivity contribution in [2.75, 3.05) is 39.4 Å². The minimum Gasteiger partial charge on any atom is -0.381 e. The van der Waals surface area contributed by atoms with E-state index in [0.717, 1.165) is 25.7 Å². The largest absolute Gasteiger partial charge is 0.381 e. The third kappa shape index (κ3) is 5.08. The number of halogens is 1. The Morgan fingerprint density at radius 3 is 2.04 bits per heavy atom. The van der Waals surface area contributed by atoms with E-state index in [1.807, 2.05) is 9.80 Å². The number of carbonyl (C=O) groups is 2. The number of piperazine rings is 1. The highest BCUT2D eigenvalue weighted by Gasteiger charge is 2.33. The first kappa shape index (κ1) is 20.5. The van der Waals surface area contributed by atoms with Crippen LogP contribution in [0.4, 0.5) is 0 Å². The van der Waals surface area contributed by atoms with Crippen LogP contribution in [-0.4, -0.2) is 67.0 Å². The Labute approximate surface area is 156 Å². The van der Waals surface area contributed by atoms with Crippen molar-refractivity contribution in [1.29, 1.82) is 0 Å². The zero-order valence-electron chi connectivity index (χ0n) is 15.0. The average Bonchev–Trinajstić information content (AvgIpc) is 2.68. The van der Waals surface area contributed by atoms with Crippen molar-refractivity contribution < 1.29 is 14.3 Å². The monoisotopic (exact) mass is 373 g/mol. The van der Waals surface area contributed by atoms with Crippen LogP contribution in [0.15, 0.2) is 0 Å². The second kappa shape index (κ2) is 9.74. The number of nitrogens with two attached hydrogens (primary N) is 1. The number of ether oxygens (including phenoxy) is 1. The maximum absolute atomic E-state index is 12.6. The van der Waals surface area contributed by atoms with Crippen molar-refractivity contribution in [1.82, 2.24) is 9.80 Å². The average molecular weight is 374 g/mol. The van der Waals surface area contributed by atoms with Crippen molar-refractivity contribution in [3.63, 3.8) is 0 Å². The molecule has 0 aromatic carbocycles. The lowest BCUT2D eigenvalue weighted by atomic mass is 9.88. The first-order chi connectivity index (χ1) is 11.7. The quantitative estimate of drug-likeness (QED) is 0.811. The molecule has 3 fully saturated rings. The fourth-order valence-electron chi connectivity index (χ4n) is 4.24. The molecule has 2 amide bonds. The Balaban J connectivity index is 0.00000225. The second-order valence-electron chi connectivity index (χ2n) is 7.46. The van der Waals surface area contributed by atoms with Crippen LogP contribution in [0.25, 0.3) is 0 Å². The maximum atomic E-state index is 12.6. The molecule has 2 heterocycles. The molecule has 1 atom stereocenters. The van der Waals surface area contributed by atoms with Gasteiger partial charge < -0.3 is 20.3 Å². The summed E-state index contributed by atoms with van der Waals surface area (Å²) < 4.78 is 5.35. The zero-order chi connectivity index (χ0) is 16.9. The standard InChI is InChI=1S/C18H31N3O3.ClH/c19-16(14-6-12-24-13-7-14)18(23)21-10-8-20(9-11-21)17(22)15-4-2-1-3-5-15;/h14-16H,1-13,19H2;1H. The molecule has 2 N–H and O–H groups in total. The smallest absolute Gasteiger partial charge is 0.239 e. The molecule has 3 rings (SSSR count). The van der Waals surface area contributed by atoms with Gasteiger partial charge in [0.1, 0.15) is 0 Å². The highest BCUT2D eigenvalue weighted by Crippen LogP contribution is 2.26. The molecule has 0 aromatic heterocycles. The van der Waals surface area contributed by atoms with E-state index < -0.39 is 6.04 Å². The van der Waals surface area contributed by atoms with Crippen molar-refractivity contribution >= 4 is 24.2 Å². The highest BCUT2D eigenvalue weighted by atomic mass is 35.5. The normalized spacial score (nSPS) is 24.5. The molecule has 0 spiro atoms. The number of hydrogen-bond acceptors (Lipinski definition) is 4. The molecule has 144 valence electrons. The Morgan fingerprint density at radius 2 is 1.44 bits per heavy atom. The van der Waals surface area contributed by atoms with Gasteiger partial charge in [-0.1, -0.05) is 19.3 Å². The third-order valence-electron chi connectivity index (χ3n) is 5.92. The van der Waals surface area contributed by atoms with Crippen LogP contribution in [0.3, 0.4) is 0 Å². The summed E-state index contributed by atoms with van der Waals surface area (Å²) in [6.07, 6.45) is 7.42. The molecule has 0 aromatic rings. The Kier molecular flexibility index (Phi) is 7.97. The van der Waals surface area contributed by atoms with Gasteiger partial charge in [0.2, 0.25) is 11.8 Å². The van der Waals surface area contributed by atoms with E-state index in [9.17, 15) is 9.59 Å². The van der Waals surface area contributed by atoms with Gasteiger partial charge in [0.05, 0.1) is 6.04 Å². The van der Waals surface area contributed by atoms with E-state index in [4.69, 9.17) is 10.5 Å². The molecule has 3 aliphatic rings. The predicted molar refractivity (Wildman–Crippen MR) is 98.5 cm³/mol. The fourth-order valence-corrected chi connectivity index (χ4v) is 4.24. The SMILES string of the molecule is Cl.NC(C(=O)N1CCN(C(=O)C2CCCCC2)CC1)C1CCOCC1. The van der Waals surface area contributed by atoms with Gasteiger partial charge in [0, 0.05) is 45.3 Å². The highest BCUT2D eigenvalue weighted by molar-refractivity contribution is 5.85. The molecule has 1 saturated carbocycles. The molecular weight excluding hydrogens is 342 g/mol. The summed E-state index contributed by atoms with van der Waals surface area (Å²) >= 11 is 0. The van der Waals surface area contributed by atoms with Gasteiger partial charge in [-0.2, -0.15) is 0 Å². The molecule has 6 nitrogen and oxygen atoms in total. The number of amides is 2. The predicted octanol–water partition coefficient (Wildman–Crippen LogP) is 1.41.